The average Bonchev–Trinajstić information content (AvgIpc) is 3.80. The van der Waals surface area contributed by atoms with Gasteiger partial charge >= 0.3 is 0 Å². The van der Waals surface area contributed by atoms with E-state index in [2.05, 4.69) is 35.1 Å². The zero-order chi connectivity index (χ0) is 26.8. The van der Waals surface area contributed by atoms with Gasteiger partial charge in [-0.3, -0.25) is 4.90 Å². The molecule has 10 nitrogen and oxygen atoms in total. The monoisotopic (exact) mass is 542 g/mol. The first kappa shape index (κ1) is 25.5. The lowest BCUT2D eigenvalue weighted by atomic mass is 10.1. The van der Waals surface area contributed by atoms with Crippen molar-refractivity contribution in [3.05, 3.63) is 84.1 Å². The number of benzene rings is 1. The van der Waals surface area contributed by atoms with Gasteiger partial charge in [-0.15, -0.1) is 0 Å². The van der Waals surface area contributed by atoms with Crippen molar-refractivity contribution in [1.29, 1.82) is 0 Å². The Kier molecular flexibility index (Phi) is 7.03. The van der Waals surface area contributed by atoms with Crippen LogP contribution in [0.4, 0.5) is 11.6 Å². The highest BCUT2D eigenvalue weighted by Gasteiger charge is 2.34. The second-order valence-electron chi connectivity index (χ2n) is 9.90. The highest BCUT2D eigenvalue weighted by atomic mass is 32.2. The number of anilines is 2. The maximum atomic E-state index is 13.2. The minimum absolute atomic E-state index is 0.324. The summed E-state index contributed by atoms with van der Waals surface area (Å²) in [6.07, 6.45) is 6.32. The number of nitrogens with one attached hydrogen (secondary N) is 1. The van der Waals surface area contributed by atoms with E-state index in [0.717, 1.165) is 24.3 Å². The van der Waals surface area contributed by atoms with Crippen molar-refractivity contribution in [3.63, 3.8) is 0 Å². The highest BCUT2D eigenvalue weighted by Crippen LogP contribution is 2.28. The molecule has 1 saturated carbocycles. The summed E-state index contributed by atoms with van der Waals surface area (Å²) in [5, 5.41) is 3.22. The molecule has 200 valence electrons. The predicted molar refractivity (Wildman–Crippen MR) is 148 cm³/mol. The lowest BCUT2D eigenvalue weighted by molar-refractivity contribution is 0.180. The summed E-state index contributed by atoms with van der Waals surface area (Å²) in [5.74, 6) is 2.34. The van der Waals surface area contributed by atoms with Gasteiger partial charge < -0.3 is 5.32 Å². The molecule has 4 aromatic rings. The molecule has 2 aliphatic rings. The molecule has 1 saturated heterocycles. The van der Waals surface area contributed by atoms with E-state index >= 15 is 0 Å². The van der Waals surface area contributed by atoms with E-state index in [1.54, 1.807) is 41.0 Å². The fourth-order valence-electron chi connectivity index (χ4n) is 4.76. The fraction of sp³-hybridized carbons (Fsp3) is 0.321. The molecule has 1 aliphatic carbocycles. The van der Waals surface area contributed by atoms with Crippen LogP contribution >= 0.6 is 0 Å². The first-order valence-electron chi connectivity index (χ1n) is 13.1. The molecule has 4 heterocycles. The van der Waals surface area contributed by atoms with Crippen LogP contribution in [0.15, 0.2) is 71.9 Å². The first-order chi connectivity index (χ1) is 18.9. The summed E-state index contributed by atoms with van der Waals surface area (Å²) in [6, 6.07) is 17.0. The Morgan fingerprint density at radius 1 is 0.846 bits per heavy atom. The second-order valence-corrected chi connectivity index (χ2v) is 11.8. The van der Waals surface area contributed by atoms with Gasteiger partial charge in [0.2, 0.25) is 10.0 Å². The quantitative estimate of drug-likeness (QED) is 0.357. The largest absolute Gasteiger partial charge is 0.325 e. The van der Waals surface area contributed by atoms with Crippen molar-refractivity contribution in [2.75, 3.05) is 31.5 Å². The first-order valence-corrected chi connectivity index (χ1v) is 14.6. The smallest absolute Gasteiger partial charge is 0.243 e. The molecule has 11 heteroatoms. The Morgan fingerprint density at radius 2 is 1.56 bits per heavy atom. The molecule has 0 radical (unpaired) electrons. The van der Waals surface area contributed by atoms with Gasteiger partial charge in [-0.25, -0.2) is 33.3 Å². The Bertz CT molecular complexity index is 1570. The predicted octanol–water partition coefficient (Wildman–Crippen LogP) is 3.44. The van der Waals surface area contributed by atoms with E-state index in [-0.39, 0.29) is 0 Å². The molecule has 0 unspecified atom stereocenters. The Morgan fingerprint density at radius 3 is 2.28 bits per heavy atom. The molecule has 6 rings (SSSR count). The van der Waals surface area contributed by atoms with Crippen LogP contribution in [-0.4, -0.2) is 74.8 Å². The molecule has 0 atom stereocenters. The third-order valence-electron chi connectivity index (χ3n) is 6.99. The normalized spacial score (nSPS) is 16.7. The van der Waals surface area contributed by atoms with Crippen molar-refractivity contribution in [2.45, 2.75) is 37.1 Å². The van der Waals surface area contributed by atoms with Crippen LogP contribution in [0.2, 0.25) is 0 Å². The lowest BCUT2D eigenvalue weighted by Gasteiger charge is -2.34. The summed E-state index contributed by atoms with van der Waals surface area (Å²) in [6.45, 7) is 4.64. The summed E-state index contributed by atoms with van der Waals surface area (Å²) in [5.41, 5.74) is 2.53. The minimum atomic E-state index is -3.50. The molecule has 1 aliphatic heterocycles. The number of aromatic nitrogens is 5. The Labute approximate surface area is 228 Å². The number of sulfonamides is 1. The van der Waals surface area contributed by atoms with E-state index in [4.69, 9.17) is 0 Å². The van der Waals surface area contributed by atoms with Gasteiger partial charge in [0.1, 0.15) is 23.2 Å². The van der Waals surface area contributed by atoms with Crippen LogP contribution in [0.1, 0.15) is 29.9 Å². The van der Waals surface area contributed by atoms with Gasteiger partial charge in [-0.05, 0) is 61.7 Å². The van der Waals surface area contributed by atoms with Gasteiger partial charge in [0.15, 0.2) is 5.82 Å². The molecule has 2 fully saturated rings. The molecular weight excluding hydrogens is 512 g/mol. The molecule has 1 N–H and O–H groups in total. The van der Waals surface area contributed by atoms with Crippen LogP contribution in [0.3, 0.4) is 0 Å². The zero-order valence-corrected chi connectivity index (χ0v) is 22.5. The number of pyridine rings is 1. The standard InChI is InChI=1S/C28H30N8O2S/c1-20-3-2-4-24(31-20)28-30-14-12-26(34-28)32-25-11-13-29-27(33-25)19-21-5-9-23(10-6-21)39(37,38)36-17-15-35(16-18-36)22-7-8-22/h2-6,9-14,22H,7-8,15-19H2,1H3,(H,29,30,32,33,34). The fourth-order valence-corrected chi connectivity index (χ4v) is 6.19. The third-order valence-corrected chi connectivity index (χ3v) is 8.91. The lowest BCUT2D eigenvalue weighted by Crippen LogP contribution is -2.49. The van der Waals surface area contributed by atoms with Gasteiger partial charge in [-0.2, -0.15) is 4.31 Å². The number of hydrogen-bond donors (Lipinski definition) is 1. The van der Waals surface area contributed by atoms with Gasteiger partial charge in [0.25, 0.3) is 0 Å². The van der Waals surface area contributed by atoms with Crippen LogP contribution in [0.5, 0.6) is 0 Å². The number of nitrogens with zero attached hydrogens (tertiary/aromatic N) is 7. The average molecular weight is 543 g/mol. The number of rotatable bonds is 8. The topological polar surface area (TPSA) is 117 Å². The van der Waals surface area contributed by atoms with Crippen LogP contribution < -0.4 is 5.32 Å². The van der Waals surface area contributed by atoms with Crippen molar-refractivity contribution in [3.8, 4) is 11.5 Å². The van der Waals surface area contributed by atoms with Crippen LogP contribution in [0.25, 0.3) is 11.5 Å². The van der Waals surface area contributed by atoms with Crippen molar-refractivity contribution >= 4 is 21.7 Å². The SMILES string of the molecule is Cc1cccc(-c2nccc(Nc3ccnc(Cc4ccc(S(=O)(=O)N5CCN(C6CC6)CC5)cc4)n3)n2)n1. The summed E-state index contributed by atoms with van der Waals surface area (Å²) in [7, 11) is -3.50. The maximum Gasteiger partial charge on any atom is 0.243 e. The molecule has 39 heavy (non-hydrogen) atoms. The van der Waals surface area contributed by atoms with E-state index in [1.165, 1.54) is 12.8 Å². The summed E-state index contributed by atoms with van der Waals surface area (Å²) >= 11 is 0. The van der Waals surface area contributed by atoms with Crippen molar-refractivity contribution in [2.24, 2.45) is 0 Å². The zero-order valence-electron chi connectivity index (χ0n) is 21.7. The molecule has 0 spiro atoms. The number of hydrogen-bond acceptors (Lipinski definition) is 9. The van der Waals surface area contributed by atoms with E-state index in [9.17, 15) is 8.42 Å². The summed E-state index contributed by atoms with van der Waals surface area (Å²) in [4.78, 5) is 25.1. The second kappa shape index (κ2) is 10.8. The van der Waals surface area contributed by atoms with Gasteiger partial charge in [0.05, 0.1) is 4.90 Å². The van der Waals surface area contributed by atoms with Crippen molar-refractivity contribution in [1.82, 2.24) is 34.1 Å². The molecule has 3 aromatic heterocycles. The molecular formula is C28H30N8O2S. The maximum absolute atomic E-state index is 13.2. The molecule has 0 bridgehead atoms. The highest BCUT2D eigenvalue weighted by molar-refractivity contribution is 7.89. The van der Waals surface area contributed by atoms with Gasteiger partial charge in [-0.1, -0.05) is 18.2 Å². The molecule has 1 aromatic carbocycles. The van der Waals surface area contributed by atoms with Crippen molar-refractivity contribution < 1.29 is 8.42 Å². The van der Waals surface area contributed by atoms with Crippen LogP contribution in [-0.2, 0) is 16.4 Å². The summed E-state index contributed by atoms with van der Waals surface area (Å²) < 4.78 is 27.9. The van der Waals surface area contributed by atoms with E-state index in [0.29, 0.717) is 59.4 Å². The Balaban J connectivity index is 1.11. The Hall–Kier alpha value is -3.80. The van der Waals surface area contributed by atoms with E-state index in [1.807, 2.05) is 37.3 Å². The van der Waals surface area contributed by atoms with Crippen LogP contribution in [0, 0.1) is 6.92 Å². The number of aryl methyl sites for hydroxylation is 1. The van der Waals surface area contributed by atoms with E-state index < -0.39 is 10.0 Å². The minimum Gasteiger partial charge on any atom is -0.325 e. The van der Waals surface area contributed by atoms with Gasteiger partial charge in [0, 0.05) is 56.7 Å². The third kappa shape index (κ3) is 5.95. The number of piperazine rings is 1. The molecule has 0 amide bonds.